The fourth-order valence-corrected chi connectivity index (χ4v) is 4.57. The molecule has 0 radical (unpaired) electrons. The van der Waals surface area contributed by atoms with Crippen LogP contribution in [0.3, 0.4) is 0 Å². The van der Waals surface area contributed by atoms with Crippen molar-refractivity contribution in [3.63, 3.8) is 0 Å². The van der Waals surface area contributed by atoms with Gasteiger partial charge < -0.3 is 18.9 Å². The van der Waals surface area contributed by atoms with E-state index < -0.39 is 17.6 Å². The summed E-state index contributed by atoms with van der Waals surface area (Å²) in [6.45, 7) is 7.04. The van der Waals surface area contributed by atoms with E-state index >= 15 is 0 Å². The molecule has 1 saturated carbocycles. The Bertz CT molecular complexity index is 663. The van der Waals surface area contributed by atoms with Gasteiger partial charge in [-0.05, 0) is 46.0 Å². The van der Waals surface area contributed by atoms with Crippen LogP contribution in [-0.2, 0) is 33.3 Å². The van der Waals surface area contributed by atoms with E-state index in [1.807, 2.05) is 6.92 Å². The Kier molecular flexibility index (Phi) is 4.10. The molecule has 0 aromatic heterocycles. The third-order valence-electron chi connectivity index (χ3n) is 6.15. The zero-order valence-corrected chi connectivity index (χ0v) is 15.1. The first kappa shape index (κ1) is 17.5. The van der Waals surface area contributed by atoms with Gasteiger partial charge in [0.05, 0.1) is 11.3 Å². The molecule has 0 aromatic carbocycles. The number of hydrogen-bond acceptors (Lipinski definition) is 7. The Labute approximate surface area is 152 Å². The molecule has 1 aliphatic carbocycles. The van der Waals surface area contributed by atoms with E-state index in [1.54, 1.807) is 6.92 Å². The maximum Gasteiger partial charge on any atom is 0.333 e. The van der Waals surface area contributed by atoms with Gasteiger partial charge >= 0.3 is 17.9 Å². The van der Waals surface area contributed by atoms with Crippen molar-refractivity contribution in [1.29, 1.82) is 0 Å². The molecular weight excluding hydrogens is 340 g/mol. The van der Waals surface area contributed by atoms with Crippen molar-refractivity contribution in [2.75, 3.05) is 0 Å². The first-order valence-electron chi connectivity index (χ1n) is 9.23. The van der Waals surface area contributed by atoms with Gasteiger partial charge in [0.1, 0.15) is 18.3 Å². The van der Waals surface area contributed by atoms with Gasteiger partial charge in [-0.15, -0.1) is 0 Å². The second-order valence-electron chi connectivity index (χ2n) is 8.15. The molecular formula is C19H24O7. The van der Waals surface area contributed by atoms with E-state index in [1.165, 1.54) is 0 Å². The highest BCUT2D eigenvalue weighted by Crippen LogP contribution is 2.55. The summed E-state index contributed by atoms with van der Waals surface area (Å²) in [5.74, 6) is -1.15. The Morgan fingerprint density at radius 3 is 2.54 bits per heavy atom. The lowest BCUT2D eigenvalue weighted by Gasteiger charge is -2.30. The predicted octanol–water partition coefficient (Wildman–Crippen LogP) is 1.68. The van der Waals surface area contributed by atoms with Gasteiger partial charge in [-0.1, -0.05) is 6.58 Å². The molecule has 5 unspecified atom stereocenters. The number of ether oxygens (including phenoxy) is 4. The van der Waals surface area contributed by atoms with Crippen molar-refractivity contribution in [3.8, 4) is 0 Å². The van der Waals surface area contributed by atoms with Gasteiger partial charge in [-0.2, -0.15) is 0 Å². The van der Waals surface area contributed by atoms with E-state index in [-0.39, 0.29) is 42.1 Å². The lowest BCUT2D eigenvalue weighted by atomic mass is 9.76. The third-order valence-corrected chi connectivity index (χ3v) is 6.15. The van der Waals surface area contributed by atoms with Crippen molar-refractivity contribution in [2.24, 2.45) is 11.3 Å². The van der Waals surface area contributed by atoms with E-state index in [2.05, 4.69) is 6.58 Å². The number of carbonyl (C=O) groups excluding carboxylic acids is 3. The van der Waals surface area contributed by atoms with Crippen LogP contribution in [0.4, 0.5) is 0 Å². The summed E-state index contributed by atoms with van der Waals surface area (Å²) >= 11 is 0. The minimum absolute atomic E-state index is 0.175. The maximum atomic E-state index is 12.6. The van der Waals surface area contributed by atoms with Crippen LogP contribution in [0.1, 0.15) is 46.0 Å². The molecule has 7 heteroatoms. The fourth-order valence-electron chi connectivity index (χ4n) is 4.57. The van der Waals surface area contributed by atoms with Crippen molar-refractivity contribution in [1.82, 2.24) is 0 Å². The molecule has 0 aromatic rings. The second-order valence-corrected chi connectivity index (χ2v) is 8.15. The highest BCUT2D eigenvalue weighted by atomic mass is 16.7. The van der Waals surface area contributed by atoms with Gasteiger partial charge in [0.15, 0.2) is 12.2 Å². The molecule has 0 amide bonds. The average Bonchev–Trinajstić information content (AvgIpc) is 3.16. The van der Waals surface area contributed by atoms with Crippen molar-refractivity contribution >= 4 is 17.9 Å². The molecule has 4 rings (SSSR count). The minimum atomic E-state index is -0.594. The Morgan fingerprint density at radius 1 is 1.19 bits per heavy atom. The van der Waals surface area contributed by atoms with Crippen LogP contribution in [0.2, 0.25) is 0 Å². The molecule has 26 heavy (non-hydrogen) atoms. The van der Waals surface area contributed by atoms with Crippen LogP contribution < -0.4 is 0 Å². The third kappa shape index (κ3) is 2.64. The SMILES string of the molecule is C=C(C)C(=O)OC1CCC(C(=O)OC2C3CC4(C)C(=O)OC2C4O3)CC1. The molecule has 4 fully saturated rings. The first-order valence-corrected chi connectivity index (χ1v) is 9.23. The second kappa shape index (κ2) is 6.08. The van der Waals surface area contributed by atoms with E-state index in [9.17, 15) is 14.4 Å². The van der Waals surface area contributed by atoms with Crippen LogP contribution >= 0.6 is 0 Å². The van der Waals surface area contributed by atoms with E-state index in [0.717, 1.165) is 0 Å². The van der Waals surface area contributed by atoms with Gasteiger partial charge in [0, 0.05) is 5.57 Å². The lowest BCUT2D eigenvalue weighted by Crippen LogP contribution is -2.44. The van der Waals surface area contributed by atoms with Crippen LogP contribution in [0, 0.1) is 11.3 Å². The molecule has 0 spiro atoms. The molecule has 3 aliphatic heterocycles. The first-order chi connectivity index (χ1) is 12.3. The molecule has 3 saturated heterocycles. The van der Waals surface area contributed by atoms with Gasteiger partial charge in [0.25, 0.3) is 0 Å². The van der Waals surface area contributed by atoms with Crippen molar-refractivity contribution < 1.29 is 33.3 Å². The highest BCUT2D eigenvalue weighted by molar-refractivity contribution is 5.87. The van der Waals surface area contributed by atoms with Gasteiger partial charge in [-0.25, -0.2) is 4.79 Å². The zero-order chi connectivity index (χ0) is 18.6. The number of esters is 3. The molecule has 0 N–H and O–H groups in total. The summed E-state index contributed by atoms with van der Waals surface area (Å²) in [6.07, 6.45) is 1.26. The molecule has 3 heterocycles. The summed E-state index contributed by atoms with van der Waals surface area (Å²) in [6, 6.07) is 0. The molecule has 5 atom stereocenters. The van der Waals surface area contributed by atoms with E-state index in [0.29, 0.717) is 37.7 Å². The Morgan fingerprint density at radius 2 is 1.88 bits per heavy atom. The molecule has 7 nitrogen and oxygen atoms in total. The summed E-state index contributed by atoms with van der Waals surface area (Å²) in [5.41, 5.74) is -0.218. The van der Waals surface area contributed by atoms with E-state index in [4.69, 9.17) is 18.9 Å². The number of fused-ring (bicyclic) bond motifs is 1. The topological polar surface area (TPSA) is 88.1 Å². The van der Waals surface area contributed by atoms with Gasteiger partial charge in [-0.3, -0.25) is 9.59 Å². The Hall–Kier alpha value is -1.89. The highest BCUT2D eigenvalue weighted by Gasteiger charge is 2.71. The average molecular weight is 364 g/mol. The molecule has 142 valence electrons. The number of rotatable bonds is 4. The monoisotopic (exact) mass is 364 g/mol. The summed E-state index contributed by atoms with van der Waals surface area (Å²) < 4.78 is 22.3. The van der Waals surface area contributed by atoms with Crippen molar-refractivity contribution in [3.05, 3.63) is 12.2 Å². The lowest BCUT2D eigenvalue weighted by molar-refractivity contribution is -0.166. The fraction of sp³-hybridized carbons (Fsp3) is 0.737. The molecule has 4 aliphatic rings. The predicted molar refractivity (Wildman–Crippen MR) is 87.8 cm³/mol. The normalized spacial score (nSPS) is 43.1. The van der Waals surface area contributed by atoms with Crippen LogP contribution in [-0.4, -0.2) is 48.4 Å². The van der Waals surface area contributed by atoms with Crippen LogP contribution in [0.5, 0.6) is 0 Å². The standard InChI is InChI=1S/C19H24O7/c1-9(2)16(20)23-11-6-4-10(5-7-11)17(21)25-13-12-8-19(3)15(24-12)14(13)26-18(19)22/h10-15H,1,4-8H2,2-3H3. The Balaban J connectivity index is 1.30. The van der Waals surface area contributed by atoms with Crippen molar-refractivity contribution in [2.45, 2.75) is 76.5 Å². The largest absolute Gasteiger partial charge is 0.459 e. The number of carbonyl (C=O) groups is 3. The zero-order valence-electron chi connectivity index (χ0n) is 15.1. The quantitative estimate of drug-likeness (QED) is 0.426. The number of hydrogen-bond donors (Lipinski definition) is 0. The van der Waals surface area contributed by atoms with Crippen LogP contribution in [0.15, 0.2) is 12.2 Å². The van der Waals surface area contributed by atoms with Gasteiger partial charge in [0.2, 0.25) is 0 Å². The maximum absolute atomic E-state index is 12.6. The smallest absolute Gasteiger partial charge is 0.333 e. The van der Waals surface area contributed by atoms with Crippen LogP contribution in [0.25, 0.3) is 0 Å². The summed E-state index contributed by atoms with van der Waals surface area (Å²) in [7, 11) is 0. The summed E-state index contributed by atoms with van der Waals surface area (Å²) in [5, 5.41) is 0. The molecule has 2 bridgehead atoms. The summed E-state index contributed by atoms with van der Waals surface area (Å²) in [4.78, 5) is 36.2. The minimum Gasteiger partial charge on any atom is -0.459 e.